The summed E-state index contributed by atoms with van der Waals surface area (Å²) in [5.41, 5.74) is 0. The highest BCUT2D eigenvalue weighted by Gasteiger charge is 2.20. The molecule has 1 aromatic heterocycles. The molecule has 106 valence electrons. The van der Waals surface area contributed by atoms with Gasteiger partial charge in [-0.05, 0) is 18.9 Å². The fourth-order valence-corrected chi connectivity index (χ4v) is 2.28. The quantitative estimate of drug-likeness (QED) is 0.771. The van der Waals surface area contributed by atoms with Gasteiger partial charge >= 0.3 is 0 Å². The zero-order valence-electron chi connectivity index (χ0n) is 11.5. The number of anilines is 2. The SMILES string of the molecule is CN(C)c1nccc(N2CCC(OCCCl)CC2)n1. The fraction of sp³-hybridized carbons (Fsp3) is 0.692. The summed E-state index contributed by atoms with van der Waals surface area (Å²) in [6, 6.07) is 1.97. The molecule has 2 rings (SSSR count). The summed E-state index contributed by atoms with van der Waals surface area (Å²) in [5, 5.41) is 0. The van der Waals surface area contributed by atoms with E-state index in [0.29, 0.717) is 18.6 Å². The van der Waals surface area contributed by atoms with Gasteiger partial charge in [0.1, 0.15) is 5.82 Å². The number of alkyl halides is 1. The molecule has 1 aromatic rings. The second-order valence-corrected chi connectivity index (χ2v) is 5.23. The van der Waals surface area contributed by atoms with Crippen molar-refractivity contribution in [2.45, 2.75) is 18.9 Å². The van der Waals surface area contributed by atoms with Crippen LogP contribution in [0.25, 0.3) is 0 Å². The molecule has 0 bridgehead atoms. The maximum Gasteiger partial charge on any atom is 0.226 e. The van der Waals surface area contributed by atoms with Gasteiger partial charge < -0.3 is 14.5 Å². The first-order valence-electron chi connectivity index (χ1n) is 6.63. The zero-order valence-corrected chi connectivity index (χ0v) is 12.3. The number of nitrogens with zero attached hydrogens (tertiary/aromatic N) is 4. The second-order valence-electron chi connectivity index (χ2n) is 4.86. The van der Waals surface area contributed by atoms with Crippen LogP contribution in [0.5, 0.6) is 0 Å². The molecule has 1 aliphatic rings. The summed E-state index contributed by atoms with van der Waals surface area (Å²) >= 11 is 5.64. The van der Waals surface area contributed by atoms with Crippen LogP contribution in [-0.4, -0.2) is 55.7 Å². The summed E-state index contributed by atoms with van der Waals surface area (Å²) in [7, 11) is 3.90. The first-order valence-corrected chi connectivity index (χ1v) is 7.17. The van der Waals surface area contributed by atoms with Gasteiger partial charge in [0.15, 0.2) is 0 Å². The highest BCUT2D eigenvalue weighted by Crippen LogP contribution is 2.20. The number of rotatable bonds is 5. The lowest BCUT2D eigenvalue weighted by Crippen LogP contribution is -2.37. The lowest BCUT2D eigenvalue weighted by molar-refractivity contribution is 0.0471. The minimum atomic E-state index is 0.338. The van der Waals surface area contributed by atoms with E-state index in [0.717, 1.165) is 37.7 Å². The predicted molar refractivity (Wildman–Crippen MR) is 78.3 cm³/mol. The number of ether oxygens (including phenoxy) is 1. The molecule has 2 heterocycles. The maximum atomic E-state index is 5.68. The van der Waals surface area contributed by atoms with Crippen molar-refractivity contribution >= 4 is 23.4 Å². The molecule has 1 fully saturated rings. The number of aromatic nitrogens is 2. The van der Waals surface area contributed by atoms with Gasteiger partial charge in [0.05, 0.1) is 12.7 Å². The molecule has 0 aromatic carbocycles. The van der Waals surface area contributed by atoms with E-state index in [1.165, 1.54) is 0 Å². The van der Waals surface area contributed by atoms with Crippen LogP contribution in [0.1, 0.15) is 12.8 Å². The largest absolute Gasteiger partial charge is 0.377 e. The topological polar surface area (TPSA) is 41.5 Å². The van der Waals surface area contributed by atoms with Gasteiger partial charge in [-0.3, -0.25) is 0 Å². The number of hydrogen-bond donors (Lipinski definition) is 0. The van der Waals surface area contributed by atoms with E-state index in [4.69, 9.17) is 16.3 Å². The van der Waals surface area contributed by atoms with Crippen LogP contribution in [0.15, 0.2) is 12.3 Å². The molecule has 19 heavy (non-hydrogen) atoms. The molecule has 0 N–H and O–H groups in total. The summed E-state index contributed by atoms with van der Waals surface area (Å²) in [6.45, 7) is 2.58. The third-order valence-corrected chi connectivity index (χ3v) is 3.38. The van der Waals surface area contributed by atoms with Gasteiger partial charge in [0, 0.05) is 39.3 Å². The number of hydrogen-bond acceptors (Lipinski definition) is 5. The summed E-state index contributed by atoms with van der Waals surface area (Å²) in [4.78, 5) is 13.0. The smallest absolute Gasteiger partial charge is 0.226 e. The van der Waals surface area contributed by atoms with Gasteiger partial charge in [-0.2, -0.15) is 4.98 Å². The molecular formula is C13H21ClN4O. The van der Waals surface area contributed by atoms with Crippen LogP contribution in [0.2, 0.25) is 0 Å². The van der Waals surface area contributed by atoms with Crippen molar-refractivity contribution in [1.82, 2.24) is 9.97 Å². The van der Waals surface area contributed by atoms with E-state index in [2.05, 4.69) is 14.9 Å². The lowest BCUT2D eigenvalue weighted by Gasteiger charge is -2.32. The first kappa shape index (κ1) is 14.3. The van der Waals surface area contributed by atoms with E-state index in [-0.39, 0.29) is 0 Å². The van der Waals surface area contributed by atoms with E-state index in [1.54, 1.807) is 0 Å². The Morgan fingerprint density at radius 3 is 2.79 bits per heavy atom. The molecule has 0 saturated carbocycles. The van der Waals surface area contributed by atoms with Crippen LogP contribution in [0, 0.1) is 0 Å². The third kappa shape index (κ3) is 3.94. The zero-order chi connectivity index (χ0) is 13.7. The standard InChI is InChI=1S/C13H21ClN4O/c1-17(2)13-15-7-3-12(16-13)18-8-4-11(5-9-18)19-10-6-14/h3,7,11H,4-6,8-10H2,1-2H3. The Morgan fingerprint density at radius 2 is 2.16 bits per heavy atom. The Morgan fingerprint density at radius 1 is 1.42 bits per heavy atom. The van der Waals surface area contributed by atoms with Crippen LogP contribution in [-0.2, 0) is 4.74 Å². The van der Waals surface area contributed by atoms with Gasteiger partial charge in [-0.15, -0.1) is 11.6 Å². The molecule has 5 nitrogen and oxygen atoms in total. The Balaban J connectivity index is 1.92. The highest BCUT2D eigenvalue weighted by atomic mass is 35.5. The van der Waals surface area contributed by atoms with Crippen LogP contribution < -0.4 is 9.80 Å². The molecule has 1 aliphatic heterocycles. The molecule has 0 atom stereocenters. The van der Waals surface area contributed by atoms with Gasteiger partial charge in [0.25, 0.3) is 0 Å². The fourth-order valence-electron chi connectivity index (χ4n) is 2.19. The Hall–Kier alpha value is -1.07. The predicted octanol–water partition coefficient (Wildman–Crippen LogP) is 1.77. The lowest BCUT2D eigenvalue weighted by atomic mass is 10.1. The molecule has 0 spiro atoms. The molecule has 1 saturated heterocycles. The van der Waals surface area contributed by atoms with E-state index >= 15 is 0 Å². The average Bonchev–Trinajstić information content (AvgIpc) is 2.46. The van der Waals surface area contributed by atoms with E-state index in [1.807, 2.05) is 31.3 Å². The average molecular weight is 285 g/mol. The Bertz CT molecular complexity index is 394. The first-order chi connectivity index (χ1) is 9.20. The van der Waals surface area contributed by atoms with Crippen molar-refractivity contribution in [2.24, 2.45) is 0 Å². The molecule has 0 unspecified atom stereocenters. The summed E-state index contributed by atoms with van der Waals surface area (Å²) < 4.78 is 5.68. The number of piperidine rings is 1. The van der Waals surface area contributed by atoms with Crippen molar-refractivity contribution in [3.8, 4) is 0 Å². The molecule has 0 amide bonds. The highest BCUT2D eigenvalue weighted by molar-refractivity contribution is 6.17. The molecule has 0 radical (unpaired) electrons. The Kier molecular flexibility index (Phi) is 5.22. The third-order valence-electron chi connectivity index (χ3n) is 3.22. The minimum Gasteiger partial charge on any atom is -0.377 e. The maximum absolute atomic E-state index is 5.68. The van der Waals surface area contributed by atoms with Crippen LogP contribution >= 0.6 is 11.6 Å². The molecule has 0 aliphatic carbocycles. The minimum absolute atomic E-state index is 0.338. The monoisotopic (exact) mass is 284 g/mol. The van der Waals surface area contributed by atoms with Gasteiger partial charge in [0.2, 0.25) is 5.95 Å². The van der Waals surface area contributed by atoms with Gasteiger partial charge in [-0.1, -0.05) is 0 Å². The molecular weight excluding hydrogens is 264 g/mol. The van der Waals surface area contributed by atoms with Crippen molar-refractivity contribution < 1.29 is 4.74 Å². The normalized spacial score (nSPS) is 16.7. The Labute approximate surface area is 119 Å². The van der Waals surface area contributed by atoms with Crippen LogP contribution in [0.4, 0.5) is 11.8 Å². The van der Waals surface area contributed by atoms with Crippen molar-refractivity contribution in [3.63, 3.8) is 0 Å². The van der Waals surface area contributed by atoms with Gasteiger partial charge in [-0.25, -0.2) is 4.98 Å². The van der Waals surface area contributed by atoms with Crippen molar-refractivity contribution in [3.05, 3.63) is 12.3 Å². The molecule has 6 heteroatoms. The summed E-state index contributed by atoms with van der Waals surface area (Å²) in [6.07, 6.45) is 4.20. The number of halogens is 1. The van der Waals surface area contributed by atoms with Crippen LogP contribution in [0.3, 0.4) is 0 Å². The van der Waals surface area contributed by atoms with E-state index in [9.17, 15) is 0 Å². The summed E-state index contributed by atoms with van der Waals surface area (Å²) in [5.74, 6) is 2.31. The second kappa shape index (κ2) is 6.91. The van der Waals surface area contributed by atoms with Crippen molar-refractivity contribution in [2.75, 3.05) is 49.5 Å². The van der Waals surface area contributed by atoms with Crippen molar-refractivity contribution in [1.29, 1.82) is 0 Å². The van der Waals surface area contributed by atoms with E-state index < -0.39 is 0 Å².